The van der Waals surface area contributed by atoms with Crippen molar-refractivity contribution in [1.29, 1.82) is 0 Å². The predicted molar refractivity (Wildman–Crippen MR) is 57.7 cm³/mol. The highest BCUT2D eigenvalue weighted by molar-refractivity contribution is 5.76. The molecule has 0 saturated carbocycles. The zero-order valence-electron chi connectivity index (χ0n) is 9.62. The van der Waals surface area contributed by atoms with Gasteiger partial charge in [-0.2, -0.15) is 0 Å². The van der Waals surface area contributed by atoms with Crippen molar-refractivity contribution in [3.63, 3.8) is 0 Å². The molecule has 1 aliphatic rings. The van der Waals surface area contributed by atoms with Crippen molar-refractivity contribution < 1.29 is 14.3 Å². The van der Waals surface area contributed by atoms with E-state index < -0.39 is 0 Å². The molecule has 2 atom stereocenters. The summed E-state index contributed by atoms with van der Waals surface area (Å²) in [6.45, 7) is 3.41. The Labute approximate surface area is 91.3 Å². The Hall–Kier alpha value is -0.610. The summed E-state index contributed by atoms with van der Waals surface area (Å²) in [5.41, 5.74) is 0. The molecule has 0 spiro atoms. The van der Waals surface area contributed by atoms with Crippen LogP contribution in [0.5, 0.6) is 0 Å². The van der Waals surface area contributed by atoms with Gasteiger partial charge in [-0.05, 0) is 6.42 Å². The van der Waals surface area contributed by atoms with Crippen LogP contribution >= 0.6 is 0 Å². The highest BCUT2D eigenvalue weighted by Gasteiger charge is 2.30. The summed E-state index contributed by atoms with van der Waals surface area (Å²) in [6, 6.07) is -0.170. The Bertz CT molecular complexity index is 196. The number of hydrogen-bond acceptors (Lipinski definition) is 4. The summed E-state index contributed by atoms with van der Waals surface area (Å²) in [4.78, 5) is 11.5. The first-order chi connectivity index (χ1) is 7.27. The molecule has 0 aromatic heterocycles. The third-order valence-electron chi connectivity index (χ3n) is 2.70. The molecular formula is C11H21NO3. The highest BCUT2D eigenvalue weighted by atomic mass is 16.5. The number of nitrogens with one attached hydrogen (secondary N) is 1. The SMILES string of the molecule is CCCCCOC(=O)C1CC(OC)CN1. The van der Waals surface area contributed by atoms with Gasteiger partial charge in [-0.1, -0.05) is 19.8 Å². The van der Waals surface area contributed by atoms with Gasteiger partial charge < -0.3 is 14.8 Å². The normalized spacial score (nSPS) is 25.5. The minimum atomic E-state index is -0.170. The minimum Gasteiger partial charge on any atom is -0.465 e. The molecule has 1 saturated heterocycles. The molecule has 0 aromatic carbocycles. The van der Waals surface area contributed by atoms with Crippen molar-refractivity contribution >= 4 is 5.97 Å². The average molecular weight is 215 g/mol. The Morgan fingerprint density at radius 2 is 2.27 bits per heavy atom. The third-order valence-corrected chi connectivity index (χ3v) is 2.70. The number of ether oxygens (including phenoxy) is 2. The van der Waals surface area contributed by atoms with E-state index in [9.17, 15) is 4.79 Å². The van der Waals surface area contributed by atoms with Gasteiger partial charge in [0.1, 0.15) is 6.04 Å². The van der Waals surface area contributed by atoms with E-state index in [-0.39, 0.29) is 18.1 Å². The summed E-state index contributed by atoms with van der Waals surface area (Å²) in [5.74, 6) is -0.134. The molecule has 15 heavy (non-hydrogen) atoms. The van der Waals surface area contributed by atoms with E-state index in [0.29, 0.717) is 6.61 Å². The molecule has 1 N–H and O–H groups in total. The Morgan fingerprint density at radius 3 is 2.87 bits per heavy atom. The van der Waals surface area contributed by atoms with Crippen molar-refractivity contribution in [2.75, 3.05) is 20.3 Å². The molecule has 88 valence electrons. The van der Waals surface area contributed by atoms with E-state index in [4.69, 9.17) is 9.47 Å². The van der Waals surface area contributed by atoms with Crippen molar-refractivity contribution in [3.05, 3.63) is 0 Å². The van der Waals surface area contributed by atoms with Crippen LogP contribution in [0, 0.1) is 0 Å². The molecule has 0 bridgehead atoms. The van der Waals surface area contributed by atoms with E-state index in [1.807, 2.05) is 0 Å². The van der Waals surface area contributed by atoms with Crippen LogP contribution in [-0.4, -0.2) is 38.4 Å². The quantitative estimate of drug-likeness (QED) is 0.532. The van der Waals surface area contributed by atoms with Crippen molar-refractivity contribution in [1.82, 2.24) is 5.32 Å². The third kappa shape index (κ3) is 4.18. The van der Waals surface area contributed by atoms with Crippen LogP contribution in [0.1, 0.15) is 32.6 Å². The van der Waals surface area contributed by atoms with Gasteiger partial charge in [-0.25, -0.2) is 0 Å². The molecule has 0 amide bonds. The van der Waals surface area contributed by atoms with Crippen LogP contribution in [0.15, 0.2) is 0 Å². The molecule has 1 aliphatic heterocycles. The van der Waals surface area contributed by atoms with E-state index in [1.54, 1.807) is 7.11 Å². The lowest BCUT2D eigenvalue weighted by atomic mass is 10.2. The number of esters is 1. The van der Waals surface area contributed by atoms with E-state index in [2.05, 4.69) is 12.2 Å². The zero-order valence-corrected chi connectivity index (χ0v) is 9.62. The Kier molecular flexibility index (Phi) is 5.65. The zero-order chi connectivity index (χ0) is 11.1. The highest BCUT2D eigenvalue weighted by Crippen LogP contribution is 2.11. The van der Waals surface area contributed by atoms with Gasteiger partial charge in [-0.15, -0.1) is 0 Å². The Balaban J connectivity index is 2.12. The van der Waals surface area contributed by atoms with Crippen LogP contribution in [0.3, 0.4) is 0 Å². The number of methoxy groups -OCH3 is 1. The summed E-state index contributed by atoms with van der Waals surface area (Å²) in [5, 5.41) is 3.10. The number of carbonyl (C=O) groups is 1. The van der Waals surface area contributed by atoms with Gasteiger partial charge in [0.25, 0.3) is 0 Å². The standard InChI is InChI=1S/C11H21NO3/c1-3-4-5-6-15-11(13)10-7-9(14-2)8-12-10/h9-10,12H,3-8H2,1-2H3. The largest absolute Gasteiger partial charge is 0.465 e. The molecule has 0 radical (unpaired) electrons. The average Bonchev–Trinajstić information content (AvgIpc) is 2.72. The predicted octanol–water partition coefficient (Wildman–Crippen LogP) is 1.10. The fraction of sp³-hybridized carbons (Fsp3) is 0.909. The van der Waals surface area contributed by atoms with Gasteiger partial charge in [0.2, 0.25) is 0 Å². The monoisotopic (exact) mass is 215 g/mol. The molecule has 0 aliphatic carbocycles. The van der Waals surface area contributed by atoms with Gasteiger partial charge in [0.15, 0.2) is 0 Å². The van der Waals surface area contributed by atoms with Gasteiger partial charge in [0, 0.05) is 20.1 Å². The topological polar surface area (TPSA) is 47.6 Å². The van der Waals surface area contributed by atoms with Crippen LogP contribution in [0.25, 0.3) is 0 Å². The second-order valence-corrected chi connectivity index (χ2v) is 3.93. The fourth-order valence-corrected chi connectivity index (χ4v) is 1.69. The van der Waals surface area contributed by atoms with E-state index in [1.165, 1.54) is 0 Å². The summed E-state index contributed by atoms with van der Waals surface area (Å²) in [6.07, 6.45) is 4.10. The summed E-state index contributed by atoms with van der Waals surface area (Å²) in [7, 11) is 1.67. The second kappa shape index (κ2) is 6.80. The van der Waals surface area contributed by atoms with Gasteiger partial charge in [-0.3, -0.25) is 4.79 Å². The maximum absolute atomic E-state index is 11.5. The van der Waals surface area contributed by atoms with Gasteiger partial charge >= 0.3 is 5.97 Å². The smallest absolute Gasteiger partial charge is 0.323 e. The number of hydrogen-bond donors (Lipinski definition) is 1. The molecule has 4 nitrogen and oxygen atoms in total. The lowest BCUT2D eigenvalue weighted by Gasteiger charge is -2.10. The van der Waals surface area contributed by atoms with Crippen molar-refractivity contribution in [2.24, 2.45) is 0 Å². The minimum absolute atomic E-state index is 0.134. The first-order valence-corrected chi connectivity index (χ1v) is 5.70. The molecule has 1 fully saturated rings. The first-order valence-electron chi connectivity index (χ1n) is 5.70. The molecule has 2 unspecified atom stereocenters. The molecule has 1 heterocycles. The Morgan fingerprint density at radius 1 is 1.47 bits per heavy atom. The van der Waals surface area contributed by atoms with E-state index >= 15 is 0 Å². The second-order valence-electron chi connectivity index (χ2n) is 3.93. The van der Waals surface area contributed by atoms with Crippen LogP contribution in [0.4, 0.5) is 0 Å². The van der Waals surface area contributed by atoms with Crippen LogP contribution < -0.4 is 5.32 Å². The van der Waals surface area contributed by atoms with Crippen LogP contribution in [-0.2, 0) is 14.3 Å². The van der Waals surface area contributed by atoms with Crippen molar-refractivity contribution in [2.45, 2.75) is 44.8 Å². The van der Waals surface area contributed by atoms with E-state index in [0.717, 1.165) is 32.2 Å². The maximum atomic E-state index is 11.5. The fourth-order valence-electron chi connectivity index (χ4n) is 1.69. The lowest BCUT2D eigenvalue weighted by Crippen LogP contribution is -2.32. The maximum Gasteiger partial charge on any atom is 0.323 e. The number of rotatable bonds is 6. The first kappa shape index (κ1) is 12.5. The molecule has 0 aromatic rings. The molecule has 1 rings (SSSR count). The molecular weight excluding hydrogens is 194 g/mol. The van der Waals surface area contributed by atoms with Crippen LogP contribution in [0.2, 0.25) is 0 Å². The van der Waals surface area contributed by atoms with Crippen molar-refractivity contribution in [3.8, 4) is 0 Å². The number of unbranched alkanes of at least 4 members (excludes halogenated alkanes) is 2. The lowest BCUT2D eigenvalue weighted by molar-refractivity contribution is -0.146. The summed E-state index contributed by atoms with van der Waals surface area (Å²) >= 11 is 0. The summed E-state index contributed by atoms with van der Waals surface area (Å²) < 4.78 is 10.3. The number of carbonyl (C=O) groups excluding carboxylic acids is 1. The van der Waals surface area contributed by atoms with Gasteiger partial charge in [0.05, 0.1) is 12.7 Å². The molecule has 4 heteroatoms.